The summed E-state index contributed by atoms with van der Waals surface area (Å²) in [4.78, 5) is 0. The summed E-state index contributed by atoms with van der Waals surface area (Å²) in [7, 11) is 0. The van der Waals surface area contributed by atoms with Gasteiger partial charge in [0.2, 0.25) is 0 Å². The summed E-state index contributed by atoms with van der Waals surface area (Å²) in [5, 5.41) is 7.33. The summed E-state index contributed by atoms with van der Waals surface area (Å²) < 4.78 is 8.69. The number of hydrogen-bond donors (Lipinski definition) is 1. The molecular formula is C12H21N3OS. The van der Waals surface area contributed by atoms with Gasteiger partial charge in [0.15, 0.2) is 4.77 Å². The van der Waals surface area contributed by atoms with Gasteiger partial charge in [-0.1, -0.05) is 6.92 Å². The molecule has 2 heterocycles. The molecule has 4 unspecified atom stereocenters. The summed E-state index contributed by atoms with van der Waals surface area (Å²) in [6, 6.07) is 0.326. The maximum Gasteiger partial charge on any atom is 0.195 e. The number of aromatic amines is 1. The lowest BCUT2D eigenvalue weighted by Gasteiger charge is -2.20. The highest BCUT2D eigenvalue weighted by molar-refractivity contribution is 7.71. The highest BCUT2D eigenvalue weighted by atomic mass is 32.1. The van der Waals surface area contributed by atoms with Gasteiger partial charge in [0.25, 0.3) is 0 Å². The van der Waals surface area contributed by atoms with Crippen LogP contribution in [0.25, 0.3) is 0 Å². The summed E-state index contributed by atoms with van der Waals surface area (Å²) >= 11 is 5.30. The second-order valence-corrected chi connectivity index (χ2v) is 5.67. The van der Waals surface area contributed by atoms with E-state index in [0.29, 0.717) is 22.6 Å². The van der Waals surface area contributed by atoms with E-state index in [-0.39, 0.29) is 12.2 Å². The van der Waals surface area contributed by atoms with Crippen LogP contribution in [0.4, 0.5) is 0 Å². The normalized spacial score (nSPS) is 33.5. The van der Waals surface area contributed by atoms with Gasteiger partial charge in [0.05, 0.1) is 18.1 Å². The van der Waals surface area contributed by atoms with Crippen LogP contribution in [0.1, 0.15) is 52.4 Å². The first-order valence-corrected chi connectivity index (χ1v) is 6.66. The van der Waals surface area contributed by atoms with Crippen LogP contribution in [0.15, 0.2) is 0 Å². The second-order valence-electron chi connectivity index (χ2n) is 5.28. The van der Waals surface area contributed by atoms with Crippen LogP contribution in [0.3, 0.4) is 0 Å². The topological polar surface area (TPSA) is 42.8 Å². The third-order valence-corrected chi connectivity index (χ3v) is 4.08. The van der Waals surface area contributed by atoms with Gasteiger partial charge in [-0.3, -0.25) is 5.10 Å². The Kier molecular flexibility index (Phi) is 3.41. The van der Waals surface area contributed by atoms with Gasteiger partial charge in [-0.05, 0) is 45.8 Å². The minimum atomic E-state index is 0.197. The Morgan fingerprint density at radius 1 is 1.29 bits per heavy atom. The van der Waals surface area contributed by atoms with Gasteiger partial charge in [0.1, 0.15) is 5.82 Å². The Balaban J connectivity index is 2.44. The number of hydrogen-bond acceptors (Lipinski definition) is 3. The SMILES string of the molecule is CC1OC(C)C(c2n[nH]c(=S)n2C(C)C)C1C. The molecule has 2 rings (SSSR count). The highest BCUT2D eigenvalue weighted by Crippen LogP contribution is 2.39. The molecule has 1 aromatic heterocycles. The van der Waals surface area contributed by atoms with Crippen molar-refractivity contribution in [1.29, 1.82) is 0 Å². The average Bonchev–Trinajstić information content (AvgIpc) is 2.70. The lowest BCUT2D eigenvalue weighted by Crippen LogP contribution is -2.21. The van der Waals surface area contributed by atoms with Gasteiger partial charge in [0, 0.05) is 6.04 Å². The summed E-state index contributed by atoms with van der Waals surface area (Å²) in [5.41, 5.74) is 0. The van der Waals surface area contributed by atoms with E-state index in [1.807, 2.05) is 0 Å². The Morgan fingerprint density at radius 2 is 1.94 bits per heavy atom. The highest BCUT2D eigenvalue weighted by Gasteiger charge is 2.40. The van der Waals surface area contributed by atoms with Crippen molar-refractivity contribution in [1.82, 2.24) is 14.8 Å². The van der Waals surface area contributed by atoms with Gasteiger partial charge >= 0.3 is 0 Å². The predicted molar refractivity (Wildman–Crippen MR) is 69.7 cm³/mol. The molecule has 1 fully saturated rings. The monoisotopic (exact) mass is 255 g/mol. The molecule has 1 saturated heterocycles. The molecule has 0 bridgehead atoms. The van der Waals surface area contributed by atoms with Crippen molar-refractivity contribution in [2.24, 2.45) is 5.92 Å². The number of nitrogens with zero attached hydrogens (tertiary/aromatic N) is 2. The molecule has 1 aliphatic heterocycles. The molecule has 0 aliphatic carbocycles. The Bertz CT molecular complexity index is 451. The largest absolute Gasteiger partial charge is 0.374 e. The molecule has 1 aromatic rings. The van der Waals surface area contributed by atoms with Crippen LogP contribution < -0.4 is 0 Å². The van der Waals surface area contributed by atoms with E-state index < -0.39 is 0 Å². The van der Waals surface area contributed by atoms with E-state index in [9.17, 15) is 0 Å². The molecule has 0 radical (unpaired) electrons. The van der Waals surface area contributed by atoms with Crippen molar-refractivity contribution in [3.63, 3.8) is 0 Å². The maximum atomic E-state index is 5.88. The molecule has 4 atom stereocenters. The third-order valence-electron chi connectivity index (χ3n) is 3.79. The second kappa shape index (κ2) is 4.53. The standard InChI is InChI=1S/C12H21N3OS/c1-6(2)15-11(13-14-12(15)17)10-7(3)8(4)16-9(10)5/h6-10H,1-5H3,(H,14,17). The Morgan fingerprint density at radius 3 is 2.41 bits per heavy atom. The fourth-order valence-electron chi connectivity index (χ4n) is 2.76. The molecule has 1 aliphatic rings. The fraction of sp³-hybridized carbons (Fsp3) is 0.833. The fourth-order valence-corrected chi connectivity index (χ4v) is 3.11. The van der Waals surface area contributed by atoms with E-state index >= 15 is 0 Å². The first-order chi connectivity index (χ1) is 7.93. The van der Waals surface area contributed by atoms with Crippen molar-refractivity contribution in [3.8, 4) is 0 Å². The van der Waals surface area contributed by atoms with Crippen LogP contribution >= 0.6 is 12.2 Å². The van der Waals surface area contributed by atoms with Crippen LogP contribution in [0.5, 0.6) is 0 Å². The van der Waals surface area contributed by atoms with Crippen molar-refractivity contribution >= 4 is 12.2 Å². The van der Waals surface area contributed by atoms with E-state index in [2.05, 4.69) is 49.4 Å². The minimum Gasteiger partial charge on any atom is -0.374 e. The zero-order valence-electron chi connectivity index (χ0n) is 11.1. The van der Waals surface area contributed by atoms with Crippen LogP contribution in [0, 0.1) is 10.7 Å². The molecule has 17 heavy (non-hydrogen) atoms. The lowest BCUT2D eigenvalue weighted by atomic mass is 9.88. The van der Waals surface area contributed by atoms with Crippen LogP contribution in [-0.2, 0) is 4.74 Å². The maximum absolute atomic E-state index is 5.88. The van der Waals surface area contributed by atoms with Crippen molar-refractivity contribution in [2.75, 3.05) is 0 Å². The number of ether oxygens (including phenoxy) is 1. The predicted octanol–water partition coefficient (Wildman–Crippen LogP) is 3.05. The minimum absolute atomic E-state index is 0.197. The van der Waals surface area contributed by atoms with Crippen molar-refractivity contribution in [3.05, 3.63) is 10.6 Å². The quantitative estimate of drug-likeness (QED) is 0.826. The molecule has 5 heteroatoms. The molecule has 0 spiro atoms. The van der Waals surface area contributed by atoms with Crippen molar-refractivity contribution in [2.45, 2.75) is 58.8 Å². The van der Waals surface area contributed by atoms with Gasteiger partial charge in [-0.2, -0.15) is 5.10 Å². The van der Waals surface area contributed by atoms with E-state index in [0.717, 1.165) is 5.82 Å². The zero-order valence-corrected chi connectivity index (χ0v) is 11.9. The molecule has 4 nitrogen and oxygen atoms in total. The van der Waals surface area contributed by atoms with Gasteiger partial charge in [-0.25, -0.2) is 0 Å². The summed E-state index contributed by atoms with van der Waals surface area (Å²) in [6.45, 7) is 10.7. The average molecular weight is 255 g/mol. The molecule has 0 aromatic carbocycles. The van der Waals surface area contributed by atoms with Crippen molar-refractivity contribution < 1.29 is 4.74 Å². The van der Waals surface area contributed by atoms with E-state index in [1.54, 1.807) is 0 Å². The van der Waals surface area contributed by atoms with E-state index in [4.69, 9.17) is 17.0 Å². The van der Waals surface area contributed by atoms with Crippen LogP contribution in [0.2, 0.25) is 0 Å². The molecule has 96 valence electrons. The zero-order chi connectivity index (χ0) is 12.7. The molecule has 1 N–H and O–H groups in total. The summed E-state index contributed by atoms with van der Waals surface area (Å²) in [5.74, 6) is 1.82. The lowest BCUT2D eigenvalue weighted by molar-refractivity contribution is 0.0551. The molecule has 0 amide bonds. The number of rotatable bonds is 2. The van der Waals surface area contributed by atoms with Gasteiger partial charge in [-0.15, -0.1) is 0 Å². The third kappa shape index (κ3) is 2.06. The molecule has 0 saturated carbocycles. The Hall–Kier alpha value is -0.680. The smallest absolute Gasteiger partial charge is 0.195 e. The summed E-state index contributed by atoms with van der Waals surface area (Å²) in [6.07, 6.45) is 0.476. The Labute approximate surface area is 107 Å². The first kappa shape index (κ1) is 12.8. The van der Waals surface area contributed by atoms with E-state index in [1.165, 1.54) is 0 Å². The van der Waals surface area contributed by atoms with Gasteiger partial charge < -0.3 is 9.30 Å². The molecular weight excluding hydrogens is 234 g/mol. The number of nitrogens with one attached hydrogen (secondary N) is 1. The number of H-pyrrole nitrogens is 1. The van der Waals surface area contributed by atoms with Crippen LogP contribution in [-0.4, -0.2) is 27.0 Å². The number of aromatic nitrogens is 3. The first-order valence-electron chi connectivity index (χ1n) is 6.25.